The van der Waals surface area contributed by atoms with Crippen LogP contribution in [0, 0.1) is 0 Å². The Labute approximate surface area is 153 Å². The number of halogens is 3. The molecule has 1 aromatic heterocycles. The minimum absolute atomic E-state index is 0.121. The molecule has 0 spiro atoms. The number of anilines is 1. The number of hydrogen-bond donors (Lipinski definition) is 2. The zero-order valence-corrected chi connectivity index (χ0v) is 14.9. The number of benzene rings is 1. The van der Waals surface area contributed by atoms with Gasteiger partial charge in [0.15, 0.2) is 6.61 Å². The summed E-state index contributed by atoms with van der Waals surface area (Å²) in [4.78, 5) is 16.0. The summed E-state index contributed by atoms with van der Waals surface area (Å²) in [5, 5.41) is 2.53. The van der Waals surface area contributed by atoms with Crippen LogP contribution in [-0.4, -0.2) is 38.3 Å². The van der Waals surface area contributed by atoms with Crippen molar-refractivity contribution in [2.45, 2.75) is 12.7 Å². The Balaban J connectivity index is 2.05. The lowest BCUT2D eigenvalue weighted by Gasteiger charge is -2.12. The SMILES string of the molecule is CS(=O)(=O)Nc1cccc(C(=O)NCc2cccnc2OCC(F)(F)F)c1. The first-order valence-electron chi connectivity index (χ1n) is 7.53. The van der Waals surface area contributed by atoms with E-state index in [1.165, 1.54) is 42.6 Å². The molecule has 0 saturated heterocycles. The number of nitrogens with one attached hydrogen (secondary N) is 2. The third-order valence-corrected chi connectivity index (χ3v) is 3.70. The fourth-order valence-electron chi connectivity index (χ4n) is 2.05. The number of amides is 1. The second-order valence-electron chi connectivity index (χ2n) is 5.51. The van der Waals surface area contributed by atoms with Gasteiger partial charge in [-0.25, -0.2) is 13.4 Å². The van der Waals surface area contributed by atoms with Gasteiger partial charge in [-0.15, -0.1) is 0 Å². The highest BCUT2D eigenvalue weighted by Crippen LogP contribution is 2.20. The van der Waals surface area contributed by atoms with Crippen molar-refractivity contribution in [3.05, 3.63) is 53.7 Å². The standard InChI is InChI=1S/C16H16F3N3O4S/c1-27(24,25)22-13-6-2-4-11(8-13)14(23)21-9-12-5-3-7-20-15(12)26-10-16(17,18)19/h2-8,22H,9-10H2,1H3,(H,21,23). The van der Waals surface area contributed by atoms with Crippen LogP contribution in [0.4, 0.5) is 18.9 Å². The predicted molar refractivity (Wildman–Crippen MR) is 91.9 cm³/mol. The van der Waals surface area contributed by atoms with E-state index in [1.807, 2.05) is 0 Å². The van der Waals surface area contributed by atoms with Crippen LogP contribution in [-0.2, 0) is 16.6 Å². The van der Waals surface area contributed by atoms with Crippen LogP contribution in [0.2, 0.25) is 0 Å². The molecule has 1 amide bonds. The van der Waals surface area contributed by atoms with Gasteiger partial charge in [0.2, 0.25) is 15.9 Å². The van der Waals surface area contributed by atoms with Crippen LogP contribution in [0.3, 0.4) is 0 Å². The van der Waals surface area contributed by atoms with Crippen LogP contribution in [0.25, 0.3) is 0 Å². The first kappa shape index (κ1) is 20.5. The number of ether oxygens (including phenoxy) is 1. The van der Waals surface area contributed by atoms with E-state index in [0.29, 0.717) is 0 Å². The lowest BCUT2D eigenvalue weighted by molar-refractivity contribution is -0.154. The molecule has 2 aromatic rings. The Morgan fingerprint density at radius 1 is 1.22 bits per heavy atom. The largest absolute Gasteiger partial charge is 0.468 e. The summed E-state index contributed by atoms with van der Waals surface area (Å²) in [7, 11) is -3.50. The van der Waals surface area contributed by atoms with Crippen molar-refractivity contribution in [1.82, 2.24) is 10.3 Å². The molecular weight excluding hydrogens is 387 g/mol. The van der Waals surface area contributed by atoms with Gasteiger partial charge in [0, 0.05) is 29.6 Å². The summed E-state index contributed by atoms with van der Waals surface area (Å²) in [5.41, 5.74) is 0.645. The molecule has 2 rings (SSSR count). The van der Waals surface area contributed by atoms with Crippen molar-refractivity contribution in [1.29, 1.82) is 0 Å². The van der Waals surface area contributed by atoms with E-state index in [4.69, 9.17) is 0 Å². The summed E-state index contributed by atoms with van der Waals surface area (Å²) in [6.45, 7) is -1.62. The number of aromatic nitrogens is 1. The number of rotatable bonds is 7. The highest BCUT2D eigenvalue weighted by Gasteiger charge is 2.29. The number of carbonyl (C=O) groups excluding carboxylic acids is 1. The molecule has 2 N–H and O–H groups in total. The maximum absolute atomic E-state index is 12.3. The molecule has 0 bridgehead atoms. The average Bonchev–Trinajstić information content (AvgIpc) is 2.56. The van der Waals surface area contributed by atoms with Gasteiger partial charge in [-0.1, -0.05) is 12.1 Å². The molecule has 7 nitrogen and oxygen atoms in total. The predicted octanol–water partition coefficient (Wildman–Crippen LogP) is 2.32. The molecule has 0 fully saturated rings. The van der Waals surface area contributed by atoms with Gasteiger partial charge in [-0.05, 0) is 24.3 Å². The fraction of sp³-hybridized carbons (Fsp3) is 0.250. The van der Waals surface area contributed by atoms with Crippen molar-refractivity contribution >= 4 is 21.6 Å². The van der Waals surface area contributed by atoms with Gasteiger partial charge in [-0.3, -0.25) is 9.52 Å². The second-order valence-corrected chi connectivity index (χ2v) is 7.26. The van der Waals surface area contributed by atoms with Crippen molar-refractivity contribution in [2.24, 2.45) is 0 Å². The Bertz CT molecular complexity index is 917. The Morgan fingerprint density at radius 2 is 1.96 bits per heavy atom. The highest BCUT2D eigenvalue weighted by atomic mass is 32.2. The zero-order chi connectivity index (χ0) is 20.1. The maximum Gasteiger partial charge on any atom is 0.422 e. The summed E-state index contributed by atoms with van der Waals surface area (Å²) >= 11 is 0. The number of nitrogens with zero attached hydrogens (tertiary/aromatic N) is 1. The number of sulfonamides is 1. The van der Waals surface area contributed by atoms with Gasteiger partial charge >= 0.3 is 6.18 Å². The number of hydrogen-bond acceptors (Lipinski definition) is 5. The van der Waals surface area contributed by atoms with Crippen LogP contribution >= 0.6 is 0 Å². The molecule has 0 aliphatic rings. The van der Waals surface area contributed by atoms with Crippen LogP contribution < -0.4 is 14.8 Å². The first-order valence-corrected chi connectivity index (χ1v) is 9.42. The first-order chi connectivity index (χ1) is 12.5. The van der Waals surface area contributed by atoms with Crippen LogP contribution in [0.15, 0.2) is 42.6 Å². The van der Waals surface area contributed by atoms with E-state index in [0.717, 1.165) is 6.26 Å². The average molecular weight is 403 g/mol. The fourth-order valence-corrected chi connectivity index (χ4v) is 2.61. The van der Waals surface area contributed by atoms with E-state index in [9.17, 15) is 26.4 Å². The number of carbonyl (C=O) groups is 1. The summed E-state index contributed by atoms with van der Waals surface area (Å²) in [6.07, 6.45) is -2.26. The Morgan fingerprint density at radius 3 is 2.63 bits per heavy atom. The lowest BCUT2D eigenvalue weighted by atomic mass is 10.2. The van der Waals surface area contributed by atoms with Gasteiger partial charge < -0.3 is 10.1 Å². The van der Waals surface area contributed by atoms with Crippen molar-refractivity contribution in [3.8, 4) is 5.88 Å². The molecule has 146 valence electrons. The lowest BCUT2D eigenvalue weighted by Crippen LogP contribution is -2.24. The van der Waals surface area contributed by atoms with Gasteiger partial charge in [0.05, 0.1) is 6.26 Å². The van der Waals surface area contributed by atoms with E-state index >= 15 is 0 Å². The summed E-state index contributed by atoms with van der Waals surface area (Å²) in [5.74, 6) is -0.777. The molecule has 27 heavy (non-hydrogen) atoms. The smallest absolute Gasteiger partial charge is 0.422 e. The molecule has 1 aromatic carbocycles. The molecule has 1 heterocycles. The number of pyridine rings is 1. The van der Waals surface area contributed by atoms with E-state index in [2.05, 4.69) is 19.8 Å². The Kier molecular flexibility index (Phi) is 6.26. The molecule has 0 atom stereocenters. The number of alkyl halides is 3. The maximum atomic E-state index is 12.3. The normalized spacial score (nSPS) is 11.7. The molecule has 0 aliphatic carbocycles. The molecular formula is C16H16F3N3O4S. The van der Waals surface area contributed by atoms with Gasteiger partial charge in [0.25, 0.3) is 5.91 Å². The van der Waals surface area contributed by atoms with Gasteiger partial charge in [0.1, 0.15) is 0 Å². The monoisotopic (exact) mass is 403 g/mol. The minimum atomic E-state index is -4.51. The Hall–Kier alpha value is -2.82. The quantitative estimate of drug-likeness (QED) is 0.740. The van der Waals surface area contributed by atoms with E-state index in [-0.39, 0.29) is 29.2 Å². The summed E-state index contributed by atoms with van der Waals surface area (Å²) in [6, 6.07) is 8.74. The van der Waals surface area contributed by atoms with E-state index in [1.54, 1.807) is 0 Å². The van der Waals surface area contributed by atoms with Gasteiger partial charge in [-0.2, -0.15) is 13.2 Å². The molecule has 0 saturated carbocycles. The highest BCUT2D eigenvalue weighted by molar-refractivity contribution is 7.92. The zero-order valence-electron chi connectivity index (χ0n) is 14.1. The summed E-state index contributed by atoms with van der Waals surface area (Å²) < 4.78 is 66.3. The molecule has 11 heteroatoms. The molecule has 0 radical (unpaired) electrons. The van der Waals surface area contributed by atoms with Crippen molar-refractivity contribution in [2.75, 3.05) is 17.6 Å². The minimum Gasteiger partial charge on any atom is -0.468 e. The van der Waals surface area contributed by atoms with Crippen molar-refractivity contribution < 1.29 is 31.1 Å². The van der Waals surface area contributed by atoms with E-state index < -0.39 is 28.7 Å². The molecule has 0 unspecified atom stereocenters. The molecule has 0 aliphatic heterocycles. The third-order valence-electron chi connectivity index (χ3n) is 3.09. The topological polar surface area (TPSA) is 97.4 Å². The van der Waals surface area contributed by atoms with Crippen molar-refractivity contribution in [3.63, 3.8) is 0 Å². The second kappa shape index (κ2) is 8.25. The van der Waals surface area contributed by atoms with Crippen LogP contribution in [0.5, 0.6) is 5.88 Å². The van der Waals surface area contributed by atoms with Crippen LogP contribution in [0.1, 0.15) is 15.9 Å². The third kappa shape index (κ3) is 7.13.